The van der Waals surface area contributed by atoms with Crippen LogP contribution in [-0.2, 0) is 13.1 Å². The second-order valence-corrected chi connectivity index (χ2v) is 6.07. The molecule has 0 spiro atoms. The lowest BCUT2D eigenvalue weighted by Gasteiger charge is -2.13. The molecule has 0 aliphatic heterocycles. The van der Waals surface area contributed by atoms with Crippen molar-refractivity contribution >= 4 is 5.91 Å². The number of aromatic nitrogens is 2. The zero-order valence-electron chi connectivity index (χ0n) is 14.3. The number of benzene rings is 1. The molecule has 4 nitrogen and oxygen atoms in total. The summed E-state index contributed by atoms with van der Waals surface area (Å²) in [6.45, 7) is 4.87. The summed E-state index contributed by atoms with van der Waals surface area (Å²) in [6, 6.07) is 12.1. The van der Waals surface area contributed by atoms with Gasteiger partial charge in [-0.15, -0.1) is 0 Å². The maximum atomic E-state index is 13.1. The number of hydrogen-bond donors (Lipinski definition) is 1. The average molecular weight is 337 g/mol. The van der Waals surface area contributed by atoms with Gasteiger partial charge in [0, 0.05) is 31.2 Å². The number of hydrogen-bond acceptors (Lipinski definition) is 2. The molecule has 0 unspecified atom stereocenters. The largest absolute Gasteiger partial charge is 0.347 e. The average Bonchev–Trinajstić information content (AvgIpc) is 2.89. The van der Waals surface area contributed by atoms with Crippen LogP contribution in [0.5, 0.6) is 0 Å². The third-order valence-corrected chi connectivity index (χ3v) is 4.17. The fraction of sp³-hybridized carbons (Fsp3) is 0.200. The SMILES string of the molecule is Cc1cc(C)n(Cc2ccc(F)cc2)c1C(=O)NCc1ccncc1. The Morgan fingerprint density at radius 2 is 1.76 bits per heavy atom. The molecule has 0 saturated heterocycles. The minimum atomic E-state index is -0.264. The van der Waals surface area contributed by atoms with E-state index in [1.54, 1.807) is 24.5 Å². The summed E-state index contributed by atoms with van der Waals surface area (Å²) in [6.07, 6.45) is 3.40. The first-order chi connectivity index (χ1) is 12.0. The summed E-state index contributed by atoms with van der Waals surface area (Å²) in [4.78, 5) is 16.7. The highest BCUT2D eigenvalue weighted by Crippen LogP contribution is 2.18. The van der Waals surface area contributed by atoms with Crippen LogP contribution in [0, 0.1) is 19.7 Å². The van der Waals surface area contributed by atoms with Crippen LogP contribution in [0.15, 0.2) is 54.9 Å². The van der Waals surface area contributed by atoms with Crippen molar-refractivity contribution in [1.29, 1.82) is 0 Å². The third-order valence-electron chi connectivity index (χ3n) is 4.17. The molecule has 0 bridgehead atoms. The summed E-state index contributed by atoms with van der Waals surface area (Å²) >= 11 is 0. The Labute approximate surface area is 146 Å². The van der Waals surface area contributed by atoms with E-state index in [1.807, 2.05) is 36.6 Å². The summed E-state index contributed by atoms with van der Waals surface area (Å²) < 4.78 is 15.1. The second-order valence-electron chi connectivity index (χ2n) is 6.07. The van der Waals surface area contributed by atoms with Crippen molar-refractivity contribution in [3.8, 4) is 0 Å². The van der Waals surface area contributed by atoms with Crippen LogP contribution >= 0.6 is 0 Å². The van der Waals surface area contributed by atoms with E-state index in [1.165, 1.54) is 12.1 Å². The zero-order chi connectivity index (χ0) is 17.8. The second kappa shape index (κ2) is 7.30. The van der Waals surface area contributed by atoms with Gasteiger partial charge in [0.15, 0.2) is 0 Å². The van der Waals surface area contributed by atoms with Crippen LogP contribution in [0.3, 0.4) is 0 Å². The van der Waals surface area contributed by atoms with Crippen molar-refractivity contribution in [3.05, 3.63) is 88.8 Å². The lowest BCUT2D eigenvalue weighted by molar-refractivity contribution is 0.0941. The van der Waals surface area contributed by atoms with E-state index < -0.39 is 0 Å². The molecule has 1 N–H and O–H groups in total. The molecule has 0 atom stereocenters. The molecule has 0 aliphatic rings. The van der Waals surface area contributed by atoms with Crippen molar-refractivity contribution in [2.45, 2.75) is 26.9 Å². The van der Waals surface area contributed by atoms with E-state index in [2.05, 4.69) is 10.3 Å². The van der Waals surface area contributed by atoms with Gasteiger partial charge in [0.05, 0.1) is 0 Å². The van der Waals surface area contributed by atoms with E-state index in [0.29, 0.717) is 18.8 Å². The van der Waals surface area contributed by atoms with Crippen LogP contribution in [0.1, 0.15) is 32.9 Å². The molecule has 3 aromatic rings. The number of carbonyl (C=O) groups is 1. The molecular weight excluding hydrogens is 317 g/mol. The summed E-state index contributed by atoms with van der Waals surface area (Å²) in [5, 5.41) is 2.96. The van der Waals surface area contributed by atoms with E-state index in [0.717, 1.165) is 22.4 Å². The van der Waals surface area contributed by atoms with Crippen molar-refractivity contribution < 1.29 is 9.18 Å². The smallest absolute Gasteiger partial charge is 0.268 e. The van der Waals surface area contributed by atoms with E-state index in [-0.39, 0.29) is 11.7 Å². The minimum Gasteiger partial charge on any atom is -0.347 e. The first kappa shape index (κ1) is 16.9. The highest BCUT2D eigenvalue weighted by atomic mass is 19.1. The Morgan fingerprint density at radius 3 is 2.44 bits per heavy atom. The quantitative estimate of drug-likeness (QED) is 0.773. The van der Waals surface area contributed by atoms with Crippen LogP contribution in [0.4, 0.5) is 4.39 Å². The van der Waals surface area contributed by atoms with Gasteiger partial charge in [-0.2, -0.15) is 0 Å². The zero-order valence-corrected chi connectivity index (χ0v) is 14.3. The van der Waals surface area contributed by atoms with Gasteiger partial charge in [-0.25, -0.2) is 4.39 Å². The van der Waals surface area contributed by atoms with Crippen LogP contribution in [0.25, 0.3) is 0 Å². The number of pyridine rings is 1. The van der Waals surface area contributed by atoms with Crippen molar-refractivity contribution in [2.75, 3.05) is 0 Å². The van der Waals surface area contributed by atoms with Gasteiger partial charge >= 0.3 is 0 Å². The third kappa shape index (κ3) is 3.94. The van der Waals surface area contributed by atoms with Crippen molar-refractivity contribution in [2.24, 2.45) is 0 Å². The summed E-state index contributed by atoms with van der Waals surface area (Å²) in [7, 11) is 0. The van der Waals surface area contributed by atoms with Crippen LogP contribution < -0.4 is 5.32 Å². The molecule has 128 valence electrons. The van der Waals surface area contributed by atoms with Gasteiger partial charge in [-0.1, -0.05) is 12.1 Å². The Hall–Kier alpha value is -2.95. The minimum absolute atomic E-state index is 0.121. The molecule has 0 aliphatic carbocycles. The fourth-order valence-electron chi connectivity index (χ4n) is 2.89. The van der Waals surface area contributed by atoms with Gasteiger partial charge in [0.2, 0.25) is 0 Å². The number of aryl methyl sites for hydroxylation is 2. The summed E-state index contributed by atoms with van der Waals surface area (Å²) in [5.41, 5.74) is 4.50. The fourth-order valence-corrected chi connectivity index (χ4v) is 2.89. The van der Waals surface area contributed by atoms with Crippen LogP contribution in [-0.4, -0.2) is 15.5 Å². The van der Waals surface area contributed by atoms with Gasteiger partial charge in [0.1, 0.15) is 11.5 Å². The maximum Gasteiger partial charge on any atom is 0.268 e. The highest BCUT2D eigenvalue weighted by molar-refractivity contribution is 5.94. The maximum absolute atomic E-state index is 13.1. The molecule has 1 aromatic carbocycles. The normalized spacial score (nSPS) is 10.7. The predicted octanol–water partition coefficient (Wildman–Crippen LogP) is 3.62. The van der Waals surface area contributed by atoms with Gasteiger partial charge in [0.25, 0.3) is 5.91 Å². The molecule has 25 heavy (non-hydrogen) atoms. The lowest BCUT2D eigenvalue weighted by Crippen LogP contribution is -2.26. The Kier molecular flexibility index (Phi) is 4.93. The monoisotopic (exact) mass is 337 g/mol. The first-order valence-corrected chi connectivity index (χ1v) is 8.13. The predicted molar refractivity (Wildman–Crippen MR) is 94.8 cm³/mol. The van der Waals surface area contributed by atoms with E-state index in [9.17, 15) is 9.18 Å². The molecule has 0 saturated carbocycles. The molecule has 2 heterocycles. The number of nitrogens with one attached hydrogen (secondary N) is 1. The van der Waals surface area contributed by atoms with Crippen LogP contribution in [0.2, 0.25) is 0 Å². The van der Waals surface area contributed by atoms with Crippen molar-refractivity contribution in [1.82, 2.24) is 14.9 Å². The molecule has 5 heteroatoms. The number of rotatable bonds is 5. The topological polar surface area (TPSA) is 46.9 Å². The molecule has 1 amide bonds. The van der Waals surface area contributed by atoms with Gasteiger partial charge < -0.3 is 9.88 Å². The molecule has 0 radical (unpaired) electrons. The lowest BCUT2D eigenvalue weighted by atomic mass is 10.2. The number of nitrogens with zero attached hydrogens (tertiary/aromatic N) is 2. The Morgan fingerprint density at radius 1 is 1.08 bits per heavy atom. The standard InChI is InChI=1S/C20H20FN3O/c1-14-11-15(2)24(13-17-3-5-18(21)6-4-17)19(14)20(25)23-12-16-7-9-22-10-8-16/h3-11H,12-13H2,1-2H3,(H,23,25). The van der Waals surface area contributed by atoms with E-state index >= 15 is 0 Å². The summed E-state index contributed by atoms with van der Waals surface area (Å²) in [5.74, 6) is -0.385. The Bertz CT molecular complexity index is 870. The number of halogens is 1. The first-order valence-electron chi connectivity index (χ1n) is 8.13. The molecule has 2 aromatic heterocycles. The number of carbonyl (C=O) groups excluding carboxylic acids is 1. The highest BCUT2D eigenvalue weighted by Gasteiger charge is 2.17. The number of amides is 1. The van der Waals surface area contributed by atoms with Crippen molar-refractivity contribution in [3.63, 3.8) is 0 Å². The Balaban J connectivity index is 1.80. The van der Waals surface area contributed by atoms with Gasteiger partial charge in [-0.3, -0.25) is 9.78 Å². The molecular formula is C20H20FN3O. The van der Waals surface area contributed by atoms with Gasteiger partial charge in [-0.05, 0) is 60.9 Å². The molecule has 0 fully saturated rings. The molecule has 3 rings (SSSR count). The van der Waals surface area contributed by atoms with E-state index in [4.69, 9.17) is 0 Å².